The number of rotatable bonds is 10. The van der Waals surface area contributed by atoms with Gasteiger partial charge in [0.1, 0.15) is 0 Å². The van der Waals surface area contributed by atoms with Crippen LogP contribution in [0.25, 0.3) is 0 Å². The van der Waals surface area contributed by atoms with E-state index in [1.807, 2.05) is 121 Å². The summed E-state index contributed by atoms with van der Waals surface area (Å²) < 4.78 is 27.0. The third kappa shape index (κ3) is 7.21. The van der Waals surface area contributed by atoms with Gasteiger partial charge in [-0.15, -0.1) is 0 Å². The van der Waals surface area contributed by atoms with E-state index in [2.05, 4.69) is 10.6 Å². The first kappa shape index (κ1) is 31.2. The maximum absolute atomic E-state index is 13.5. The number of nitrogens with one attached hydrogen (secondary N) is 2. The number of hydrogen-bond acceptors (Lipinski definition) is 4. The van der Waals surface area contributed by atoms with Crippen LogP contribution in [-0.2, 0) is 19.4 Å². The lowest BCUT2D eigenvalue weighted by molar-refractivity contribution is -0.117. The third-order valence-corrected chi connectivity index (χ3v) is 9.71. The normalized spacial score (nSPS) is 11.3. The summed E-state index contributed by atoms with van der Waals surface area (Å²) in [6, 6.07) is 50.3. The van der Waals surface area contributed by atoms with Gasteiger partial charge in [-0.25, -0.2) is 8.42 Å². The van der Waals surface area contributed by atoms with Gasteiger partial charge in [0.2, 0.25) is 21.7 Å². The van der Waals surface area contributed by atoms with E-state index >= 15 is 0 Å². The Morgan fingerprint density at radius 3 is 0.894 bits per heavy atom. The summed E-state index contributed by atoms with van der Waals surface area (Å²) in [6.45, 7) is 0. The molecule has 0 aromatic heterocycles. The molecule has 0 radical (unpaired) electrons. The molecule has 6 aromatic rings. The van der Waals surface area contributed by atoms with Crippen LogP contribution in [0, 0.1) is 0 Å². The van der Waals surface area contributed by atoms with Crippen molar-refractivity contribution in [2.24, 2.45) is 0 Å². The minimum absolute atomic E-state index is 0.0863. The summed E-state index contributed by atoms with van der Waals surface area (Å²) in [4.78, 5) is 27.1. The Morgan fingerprint density at radius 1 is 0.383 bits per heavy atom. The van der Waals surface area contributed by atoms with Crippen LogP contribution in [-0.4, -0.2) is 20.2 Å². The van der Waals surface area contributed by atoms with Gasteiger partial charge in [0, 0.05) is 11.4 Å². The van der Waals surface area contributed by atoms with Gasteiger partial charge in [0.25, 0.3) is 0 Å². The Hall–Kier alpha value is -5.79. The van der Waals surface area contributed by atoms with Crippen LogP contribution in [0.4, 0.5) is 11.4 Å². The predicted octanol–water partition coefficient (Wildman–Crippen LogP) is 8.06. The zero-order valence-corrected chi connectivity index (χ0v) is 26.2. The van der Waals surface area contributed by atoms with Crippen molar-refractivity contribution < 1.29 is 18.0 Å². The van der Waals surface area contributed by atoms with Crippen molar-refractivity contribution in [3.8, 4) is 0 Å². The molecule has 6 rings (SSSR count). The van der Waals surface area contributed by atoms with Crippen molar-refractivity contribution in [2.75, 3.05) is 10.6 Å². The quantitative estimate of drug-likeness (QED) is 0.159. The van der Waals surface area contributed by atoms with E-state index in [-0.39, 0.29) is 21.6 Å². The highest BCUT2D eigenvalue weighted by molar-refractivity contribution is 7.91. The number of benzene rings is 6. The molecular weight excluding hydrogens is 605 g/mol. The van der Waals surface area contributed by atoms with E-state index < -0.39 is 21.7 Å². The fourth-order valence-electron chi connectivity index (χ4n) is 5.57. The van der Waals surface area contributed by atoms with E-state index in [4.69, 9.17) is 0 Å². The lowest BCUT2D eigenvalue weighted by atomic mass is 9.90. The van der Waals surface area contributed by atoms with Crippen molar-refractivity contribution in [1.29, 1.82) is 0 Å². The summed E-state index contributed by atoms with van der Waals surface area (Å²) in [6.07, 6.45) is 0. The van der Waals surface area contributed by atoms with E-state index in [1.54, 1.807) is 24.3 Å². The van der Waals surface area contributed by atoms with Crippen LogP contribution in [0.2, 0.25) is 0 Å². The Kier molecular flexibility index (Phi) is 9.36. The van der Waals surface area contributed by atoms with Crippen molar-refractivity contribution in [2.45, 2.75) is 21.6 Å². The molecule has 2 amide bonds. The molecule has 6 aromatic carbocycles. The molecule has 0 saturated heterocycles. The van der Waals surface area contributed by atoms with Crippen molar-refractivity contribution >= 4 is 33.0 Å². The SMILES string of the molecule is O=C(Nc1ccc(S(=O)(=O)c2ccc(NC(=O)C(c3ccccc3)c3ccccc3)cc2)cc1)C(c1ccccc1)c1ccccc1. The molecule has 47 heavy (non-hydrogen) atoms. The van der Waals surface area contributed by atoms with E-state index in [0.717, 1.165) is 22.3 Å². The first-order chi connectivity index (χ1) is 22.9. The minimum atomic E-state index is -3.86. The maximum atomic E-state index is 13.5. The highest BCUT2D eigenvalue weighted by Crippen LogP contribution is 2.29. The monoisotopic (exact) mass is 636 g/mol. The molecule has 232 valence electrons. The summed E-state index contributed by atoms with van der Waals surface area (Å²) >= 11 is 0. The highest BCUT2D eigenvalue weighted by Gasteiger charge is 2.25. The molecule has 0 aliphatic rings. The smallest absolute Gasteiger partial charge is 0.236 e. The second kappa shape index (κ2) is 14.1. The molecule has 7 heteroatoms. The fourth-order valence-corrected chi connectivity index (χ4v) is 6.83. The summed E-state index contributed by atoms with van der Waals surface area (Å²) in [5.74, 6) is -1.51. The zero-order chi connectivity index (χ0) is 32.6. The van der Waals surface area contributed by atoms with Crippen LogP contribution in [0.3, 0.4) is 0 Å². The highest BCUT2D eigenvalue weighted by atomic mass is 32.2. The largest absolute Gasteiger partial charge is 0.325 e. The molecule has 0 unspecified atom stereocenters. The lowest BCUT2D eigenvalue weighted by Gasteiger charge is -2.18. The molecule has 0 heterocycles. The minimum Gasteiger partial charge on any atom is -0.325 e. The van der Waals surface area contributed by atoms with Gasteiger partial charge in [0.05, 0.1) is 21.6 Å². The van der Waals surface area contributed by atoms with Crippen molar-refractivity contribution in [1.82, 2.24) is 0 Å². The average Bonchev–Trinajstić information content (AvgIpc) is 3.11. The van der Waals surface area contributed by atoms with E-state index in [9.17, 15) is 18.0 Å². The molecule has 0 bridgehead atoms. The first-order valence-corrected chi connectivity index (χ1v) is 16.7. The second-order valence-corrected chi connectivity index (χ2v) is 13.0. The van der Waals surface area contributed by atoms with Crippen LogP contribution in [0.5, 0.6) is 0 Å². The van der Waals surface area contributed by atoms with Crippen molar-refractivity contribution in [3.05, 3.63) is 192 Å². The van der Waals surface area contributed by atoms with Gasteiger partial charge in [-0.3, -0.25) is 9.59 Å². The van der Waals surface area contributed by atoms with Crippen molar-refractivity contribution in [3.63, 3.8) is 0 Å². The molecule has 2 N–H and O–H groups in total. The Bertz CT molecular complexity index is 1830. The van der Waals surface area contributed by atoms with Gasteiger partial charge in [-0.05, 0) is 70.8 Å². The summed E-state index contributed by atoms with van der Waals surface area (Å²) in [7, 11) is -3.86. The average molecular weight is 637 g/mol. The van der Waals surface area contributed by atoms with Crippen LogP contribution in [0.15, 0.2) is 180 Å². The molecule has 6 nitrogen and oxygen atoms in total. The van der Waals surface area contributed by atoms with Gasteiger partial charge < -0.3 is 10.6 Å². The van der Waals surface area contributed by atoms with Gasteiger partial charge >= 0.3 is 0 Å². The maximum Gasteiger partial charge on any atom is 0.236 e. The van der Waals surface area contributed by atoms with Gasteiger partial charge in [0.15, 0.2) is 0 Å². The lowest BCUT2D eigenvalue weighted by Crippen LogP contribution is -2.22. The van der Waals surface area contributed by atoms with E-state index in [1.165, 1.54) is 24.3 Å². The zero-order valence-electron chi connectivity index (χ0n) is 25.4. The number of carbonyl (C=O) groups excluding carboxylic acids is 2. The fraction of sp³-hybridized carbons (Fsp3) is 0.0500. The van der Waals surface area contributed by atoms with Gasteiger partial charge in [-0.2, -0.15) is 0 Å². The number of anilines is 2. The Morgan fingerprint density at radius 2 is 0.638 bits per heavy atom. The molecule has 0 spiro atoms. The second-order valence-electron chi connectivity index (χ2n) is 11.0. The topological polar surface area (TPSA) is 92.3 Å². The molecule has 0 fully saturated rings. The van der Waals surface area contributed by atoms with Gasteiger partial charge in [-0.1, -0.05) is 121 Å². The number of amides is 2. The Balaban J connectivity index is 1.16. The molecule has 0 aliphatic carbocycles. The van der Waals surface area contributed by atoms with Crippen LogP contribution < -0.4 is 10.6 Å². The molecule has 0 saturated carbocycles. The molecule has 0 atom stereocenters. The Labute approximate surface area is 274 Å². The number of sulfone groups is 1. The summed E-state index contributed by atoms with van der Waals surface area (Å²) in [5, 5.41) is 5.88. The van der Waals surface area contributed by atoms with Crippen LogP contribution in [0.1, 0.15) is 34.1 Å². The standard InChI is InChI=1S/C40H32N2O4S/c43-39(37(29-13-5-1-6-14-29)30-15-7-2-8-16-30)41-33-21-25-35(26-22-33)47(45,46)36-27-23-34(24-28-36)42-40(44)38(31-17-9-3-10-18-31)32-19-11-4-12-20-32/h1-28,37-38H,(H,41,43)(H,42,44). The predicted molar refractivity (Wildman–Crippen MR) is 185 cm³/mol. The number of carbonyl (C=O) groups is 2. The number of hydrogen-bond donors (Lipinski definition) is 2. The molecular formula is C40H32N2O4S. The molecule has 0 aliphatic heterocycles. The first-order valence-electron chi connectivity index (χ1n) is 15.2. The van der Waals surface area contributed by atoms with E-state index in [0.29, 0.717) is 11.4 Å². The third-order valence-electron chi connectivity index (χ3n) is 7.92. The summed E-state index contributed by atoms with van der Waals surface area (Å²) in [5.41, 5.74) is 4.37. The van der Waals surface area contributed by atoms with Crippen LogP contribution >= 0.6 is 0 Å².